The van der Waals surface area contributed by atoms with Crippen molar-refractivity contribution < 1.29 is 18.7 Å². The van der Waals surface area contributed by atoms with E-state index < -0.39 is 0 Å². The van der Waals surface area contributed by atoms with E-state index in [4.69, 9.17) is 9.47 Å². The number of methoxy groups -OCH3 is 2. The van der Waals surface area contributed by atoms with E-state index in [2.05, 4.69) is 4.90 Å². The molecule has 5 nitrogen and oxygen atoms in total. The molecule has 3 rings (SSSR count). The molecule has 0 aliphatic carbocycles. The van der Waals surface area contributed by atoms with Crippen LogP contribution in [-0.4, -0.2) is 56.1 Å². The quantitative estimate of drug-likeness (QED) is 0.718. The van der Waals surface area contributed by atoms with Gasteiger partial charge in [-0.3, -0.25) is 9.69 Å². The van der Waals surface area contributed by atoms with Gasteiger partial charge in [0.1, 0.15) is 5.82 Å². The highest BCUT2D eigenvalue weighted by Crippen LogP contribution is 2.28. The number of carbonyl (C=O) groups excluding carboxylic acids is 1. The zero-order chi connectivity index (χ0) is 19.9. The van der Waals surface area contributed by atoms with Gasteiger partial charge in [0.2, 0.25) is 5.91 Å². The lowest BCUT2D eigenvalue weighted by atomic mass is 10.1. The first-order valence-electron chi connectivity index (χ1n) is 9.25. The normalized spacial score (nSPS) is 15.0. The standard InChI is InChI=1S/C22H25FN2O3/c1-27-20-9-5-18(15-21(20)28-2)16-24-11-13-25(14-12-24)22(26)10-6-17-3-7-19(23)8-4-17/h3-10,15H,11-14,16H2,1-2H3/b10-6+. The van der Waals surface area contributed by atoms with E-state index in [0.29, 0.717) is 13.1 Å². The second-order valence-corrected chi connectivity index (χ2v) is 6.68. The number of halogens is 1. The van der Waals surface area contributed by atoms with Crippen molar-refractivity contribution in [1.82, 2.24) is 9.80 Å². The molecule has 1 heterocycles. The second-order valence-electron chi connectivity index (χ2n) is 6.68. The minimum Gasteiger partial charge on any atom is -0.493 e. The smallest absolute Gasteiger partial charge is 0.246 e. The number of piperazine rings is 1. The summed E-state index contributed by atoms with van der Waals surface area (Å²) < 4.78 is 23.6. The first kappa shape index (κ1) is 19.9. The summed E-state index contributed by atoms with van der Waals surface area (Å²) in [6.07, 6.45) is 3.27. The van der Waals surface area contributed by atoms with Crippen LogP contribution in [0.15, 0.2) is 48.5 Å². The van der Waals surface area contributed by atoms with Crippen molar-refractivity contribution in [3.05, 3.63) is 65.5 Å². The van der Waals surface area contributed by atoms with Gasteiger partial charge in [-0.05, 0) is 41.5 Å². The molecule has 1 saturated heterocycles. The van der Waals surface area contributed by atoms with E-state index in [0.717, 1.165) is 42.3 Å². The van der Waals surface area contributed by atoms with Gasteiger partial charge in [0.15, 0.2) is 11.5 Å². The Hall–Kier alpha value is -2.86. The molecule has 0 spiro atoms. The lowest BCUT2D eigenvalue weighted by molar-refractivity contribution is -0.127. The number of hydrogen-bond acceptors (Lipinski definition) is 4. The summed E-state index contributed by atoms with van der Waals surface area (Å²) in [5.41, 5.74) is 1.95. The predicted molar refractivity (Wildman–Crippen MR) is 107 cm³/mol. The fourth-order valence-corrected chi connectivity index (χ4v) is 3.21. The summed E-state index contributed by atoms with van der Waals surface area (Å²) in [5.74, 6) is 1.14. The van der Waals surface area contributed by atoms with Crippen LogP contribution in [0.25, 0.3) is 6.08 Å². The second kappa shape index (κ2) is 9.37. The number of carbonyl (C=O) groups is 1. The van der Waals surface area contributed by atoms with Gasteiger partial charge in [-0.1, -0.05) is 18.2 Å². The first-order valence-corrected chi connectivity index (χ1v) is 9.25. The predicted octanol–water partition coefficient (Wildman–Crippen LogP) is 3.20. The van der Waals surface area contributed by atoms with E-state index in [1.165, 1.54) is 12.1 Å². The fourth-order valence-electron chi connectivity index (χ4n) is 3.21. The Morgan fingerprint density at radius 2 is 1.68 bits per heavy atom. The average Bonchev–Trinajstić information content (AvgIpc) is 2.73. The minimum atomic E-state index is -0.283. The molecule has 0 unspecified atom stereocenters. The van der Waals surface area contributed by atoms with Crippen LogP contribution in [0.4, 0.5) is 4.39 Å². The minimum absolute atomic E-state index is 0.0184. The Balaban J connectivity index is 1.51. The van der Waals surface area contributed by atoms with Gasteiger partial charge in [-0.25, -0.2) is 4.39 Å². The molecule has 1 aliphatic heterocycles. The Morgan fingerprint density at radius 3 is 2.32 bits per heavy atom. The summed E-state index contributed by atoms with van der Waals surface area (Å²) in [5, 5.41) is 0. The maximum atomic E-state index is 12.9. The molecule has 1 amide bonds. The highest BCUT2D eigenvalue weighted by molar-refractivity contribution is 5.91. The molecule has 2 aromatic rings. The summed E-state index contributed by atoms with van der Waals surface area (Å²) in [7, 11) is 3.25. The van der Waals surface area contributed by atoms with Crippen molar-refractivity contribution in [1.29, 1.82) is 0 Å². The maximum Gasteiger partial charge on any atom is 0.246 e. The van der Waals surface area contributed by atoms with E-state index in [1.54, 1.807) is 38.5 Å². The van der Waals surface area contributed by atoms with Gasteiger partial charge < -0.3 is 14.4 Å². The Kier molecular flexibility index (Phi) is 6.66. The summed E-state index contributed by atoms with van der Waals surface area (Å²) in [6.45, 7) is 3.78. The highest BCUT2D eigenvalue weighted by atomic mass is 19.1. The summed E-state index contributed by atoms with van der Waals surface area (Å²) in [4.78, 5) is 16.5. The highest BCUT2D eigenvalue weighted by Gasteiger charge is 2.20. The Labute approximate surface area is 165 Å². The monoisotopic (exact) mass is 384 g/mol. The number of amides is 1. The van der Waals surface area contributed by atoms with Crippen molar-refractivity contribution in [2.45, 2.75) is 6.54 Å². The van der Waals surface area contributed by atoms with Crippen molar-refractivity contribution in [3.63, 3.8) is 0 Å². The Morgan fingerprint density at radius 1 is 1.00 bits per heavy atom. The van der Waals surface area contributed by atoms with Crippen LogP contribution in [0.5, 0.6) is 11.5 Å². The third-order valence-electron chi connectivity index (χ3n) is 4.83. The molecule has 6 heteroatoms. The van der Waals surface area contributed by atoms with Crippen LogP contribution < -0.4 is 9.47 Å². The van der Waals surface area contributed by atoms with Crippen LogP contribution in [0, 0.1) is 5.82 Å². The van der Waals surface area contributed by atoms with E-state index in [-0.39, 0.29) is 11.7 Å². The molecule has 148 valence electrons. The number of hydrogen-bond donors (Lipinski definition) is 0. The van der Waals surface area contributed by atoms with Crippen molar-refractivity contribution in [3.8, 4) is 11.5 Å². The largest absolute Gasteiger partial charge is 0.493 e. The number of benzene rings is 2. The molecular weight excluding hydrogens is 359 g/mol. The van der Waals surface area contributed by atoms with Gasteiger partial charge in [-0.15, -0.1) is 0 Å². The van der Waals surface area contributed by atoms with Crippen LogP contribution in [0.2, 0.25) is 0 Å². The molecule has 0 bridgehead atoms. The molecule has 0 atom stereocenters. The molecule has 0 aromatic heterocycles. The number of ether oxygens (including phenoxy) is 2. The van der Waals surface area contributed by atoms with Crippen LogP contribution in [0.1, 0.15) is 11.1 Å². The van der Waals surface area contributed by atoms with Gasteiger partial charge in [0, 0.05) is 38.8 Å². The summed E-state index contributed by atoms with van der Waals surface area (Å²) >= 11 is 0. The molecule has 2 aromatic carbocycles. The van der Waals surface area contributed by atoms with E-state index in [1.807, 2.05) is 23.1 Å². The third-order valence-corrected chi connectivity index (χ3v) is 4.83. The molecule has 0 radical (unpaired) electrons. The van der Waals surface area contributed by atoms with Gasteiger partial charge in [0.25, 0.3) is 0 Å². The lowest BCUT2D eigenvalue weighted by Crippen LogP contribution is -2.47. The van der Waals surface area contributed by atoms with Crippen molar-refractivity contribution in [2.75, 3.05) is 40.4 Å². The fraction of sp³-hybridized carbons (Fsp3) is 0.318. The number of rotatable bonds is 6. The Bertz CT molecular complexity index is 828. The molecule has 1 aliphatic rings. The molecule has 0 saturated carbocycles. The SMILES string of the molecule is COc1ccc(CN2CCN(C(=O)/C=C/c3ccc(F)cc3)CC2)cc1OC. The zero-order valence-corrected chi connectivity index (χ0v) is 16.2. The molecular formula is C22H25FN2O3. The number of nitrogens with zero attached hydrogens (tertiary/aromatic N) is 2. The maximum absolute atomic E-state index is 12.9. The molecule has 1 fully saturated rings. The van der Waals surface area contributed by atoms with E-state index >= 15 is 0 Å². The molecule has 28 heavy (non-hydrogen) atoms. The van der Waals surface area contributed by atoms with E-state index in [9.17, 15) is 9.18 Å². The van der Waals surface area contributed by atoms with Crippen LogP contribution >= 0.6 is 0 Å². The first-order chi connectivity index (χ1) is 13.6. The lowest BCUT2D eigenvalue weighted by Gasteiger charge is -2.34. The summed E-state index contributed by atoms with van der Waals surface area (Å²) in [6, 6.07) is 12.0. The van der Waals surface area contributed by atoms with Crippen LogP contribution in [-0.2, 0) is 11.3 Å². The topological polar surface area (TPSA) is 42.0 Å². The van der Waals surface area contributed by atoms with Crippen molar-refractivity contribution in [2.24, 2.45) is 0 Å². The molecule has 0 N–H and O–H groups in total. The van der Waals surface area contributed by atoms with Gasteiger partial charge in [-0.2, -0.15) is 0 Å². The third kappa shape index (κ3) is 5.10. The van der Waals surface area contributed by atoms with Gasteiger partial charge in [0.05, 0.1) is 14.2 Å². The average molecular weight is 384 g/mol. The van der Waals surface area contributed by atoms with Crippen LogP contribution in [0.3, 0.4) is 0 Å². The van der Waals surface area contributed by atoms with Crippen molar-refractivity contribution >= 4 is 12.0 Å². The zero-order valence-electron chi connectivity index (χ0n) is 16.2. The van der Waals surface area contributed by atoms with Gasteiger partial charge >= 0.3 is 0 Å².